The molecule has 170 valence electrons. The summed E-state index contributed by atoms with van der Waals surface area (Å²) in [6, 6.07) is 13.9. The van der Waals surface area contributed by atoms with Crippen LogP contribution in [-0.4, -0.2) is 27.8 Å². The van der Waals surface area contributed by atoms with Gasteiger partial charge in [-0.05, 0) is 91.7 Å². The first-order chi connectivity index (χ1) is 16.3. The summed E-state index contributed by atoms with van der Waals surface area (Å²) in [6.07, 6.45) is 1.34. The minimum atomic E-state index is -0.784. The summed E-state index contributed by atoms with van der Waals surface area (Å²) >= 11 is 1.29. The molecule has 1 saturated heterocycles. The SMILES string of the molecule is Cc1cc(C)cc(N2C(=O)NC(=O)/C(=C\c3ccc(Sc4nc5ccc(C)cc5[nH]4)o3)C2=O)c1. The van der Waals surface area contributed by atoms with E-state index in [4.69, 9.17) is 4.42 Å². The number of benzene rings is 2. The zero-order valence-corrected chi connectivity index (χ0v) is 19.4. The number of amides is 4. The lowest BCUT2D eigenvalue weighted by Crippen LogP contribution is -2.54. The summed E-state index contributed by atoms with van der Waals surface area (Å²) in [4.78, 5) is 46.7. The van der Waals surface area contributed by atoms with Crippen molar-refractivity contribution in [2.45, 2.75) is 31.0 Å². The van der Waals surface area contributed by atoms with E-state index in [1.165, 1.54) is 17.8 Å². The molecule has 3 heterocycles. The maximum absolute atomic E-state index is 13.1. The van der Waals surface area contributed by atoms with Crippen LogP contribution in [0.15, 0.2) is 68.8 Å². The third-order valence-corrected chi connectivity index (χ3v) is 6.08. The minimum Gasteiger partial charge on any atom is -0.450 e. The fraction of sp³-hybridized carbons (Fsp3) is 0.120. The van der Waals surface area contributed by atoms with Crippen LogP contribution in [0.4, 0.5) is 10.5 Å². The highest BCUT2D eigenvalue weighted by Crippen LogP contribution is 2.30. The highest BCUT2D eigenvalue weighted by molar-refractivity contribution is 7.99. The lowest BCUT2D eigenvalue weighted by Gasteiger charge is -2.26. The van der Waals surface area contributed by atoms with Crippen LogP contribution >= 0.6 is 11.8 Å². The van der Waals surface area contributed by atoms with Crippen LogP contribution in [0, 0.1) is 20.8 Å². The van der Waals surface area contributed by atoms with E-state index in [2.05, 4.69) is 15.3 Å². The number of aromatic nitrogens is 2. The first-order valence-electron chi connectivity index (χ1n) is 10.5. The van der Waals surface area contributed by atoms with Gasteiger partial charge in [0.2, 0.25) is 0 Å². The van der Waals surface area contributed by atoms with E-state index in [1.54, 1.807) is 24.3 Å². The van der Waals surface area contributed by atoms with Crippen molar-refractivity contribution in [2.24, 2.45) is 0 Å². The number of imidazole rings is 1. The van der Waals surface area contributed by atoms with E-state index in [9.17, 15) is 14.4 Å². The molecule has 1 aliphatic heterocycles. The standard InChI is InChI=1S/C25H20N4O4S/c1-13-4-6-19-20(11-13)27-24(26-19)34-21-7-5-17(33-21)12-18-22(30)28-25(32)29(23(18)31)16-9-14(2)8-15(3)10-16/h4-12H,1-3H3,(H,26,27)(H,28,30,32)/b18-12+. The maximum atomic E-state index is 13.1. The Hall–Kier alpha value is -4.11. The Morgan fingerprint density at radius 3 is 2.47 bits per heavy atom. The Morgan fingerprint density at radius 1 is 0.941 bits per heavy atom. The van der Waals surface area contributed by atoms with Gasteiger partial charge in [-0.3, -0.25) is 14.9 Å². The number of carbonyl (C=O) groups is 3. The number of hydrogen-bond acceptors (Lipinski definition) is 6. The van der Waals surface area contributed by atoms with Gasteiger partial charge in [0.25, 0.3) is 11.8 Å². The summed E-state index contributed by atoms with van der Waals surface area (Å²) < 4.78 is 5.80. The quantitative estimate of drug-likeness (QED) is 0.323. The van der Waals surface area contributed by atoms with E-state index in [1.807, 2.05) is 45.0 Å². The number of nitrogens with one attached hydrogen (secondary N) is 2. The van der Waals surface area contributed by atoms with Gasteiger partial charge in [-0.25, -0.2) is 14.7 Å². The number of anilines is 1. The van der Waals surface area contributed by atoms with Crippen LogP contribution in [-0.2, 0) is 9.59 Å². The van der Waals surface area contributed by atoms with Crippen molar-refractivity contribution in [3.05, 3.63) is 76.6 Å². The zero-order chi connectivity index (χ0) is 24.0. The van der Waals surface area contributed by atoms with Crippen LogP contribution in [0.1, 0.15) is 22.5 Å². The Morgan fingerprint density at radius 2 is 1.71 bits per heavy atom. The molecule has 2 N–H and O–H groups in total. The summed E-state index contributed by atoms with van der Waals surface area (Å²) in [5, 5.41) is 3.43. The fourth-order valence-corrected chi connectivity index (χ4v) is 4.59. The molecule has 4 amide bonds. The second-order valence-corrected chi connectivity index (χ2v) is 9.12. The number of imide groups is 2. The van der Waals surface area contributed by atoms with Crippen LogP contribution in [0.3, 0.4) is 0 Å². The molecule has 0 radical (unpaired) electrons. The summed E-state index contributed by atoms with van der Waals surface area (Å²) in [5.74, 6) is -1.17. The number of H-pyrrole nitrogens is 1. The van der Waals surface area contributed by atoms with Crippen LogP contribution < -0.4 is 10.2 Å². The van der Waals surface area contributed by atoms with Gasteiger partial charge in [-0.1, -0.05) is 12.1 Å². The van der Waals surface area contributed by atoms with Crippen molar-refractivity contribution in [2.75, 3.05) is 4.90 Å². The predicted octanol–water partition coefficient (Wildman–Crippen LogP) is 4.90. The second-order valence-electron chi connectivity index (χ2n) is 8.13. The maximum Gasteiger partial charge on any atom is 0.335 e. The number of urea groups is 1. The summed E-state index contributed by atoms with van der Waals surface area (Å²) in [7, 11) is 0. The molecule has 1 fully saturated rings. The van der Waals surface area contributed by atoms with Gasteiger partial charge < -0.3 is 9.40 Å². The highest BCUT2D eigenvalue weighted by atomic mass is 32.2. The number of nitrogens with zero attached hydrogens (tertiary/aromatic N) is 2. The number of rotatable bonds is 4. The molecule has 0 bridgehead atoms. The number of fused-ring (bicyclic) bond motifs is 1. The van der Waals surface area contributed by atoms with Gasteiger partial charge in [0.15, 0.2) is 10.2 Å². The molecule has 34 heavy (non-hydrogen) atoms. The normalized spacial score (nSPS) is 15.4. The third-order valence-electron chi connectivity index (χ3n) is 5.27. The highest BCUT2D eigenvalue weighted by Gasteiger charge is 2.37. The van der Waals surface area contributed by atoms with E-state index in [-0.39, 0.29) is 5.57 Å². The second kappa shape index (κ2) is 8.35. The number of hydrogen-bond donors (Lipinski definition) is 2. The largest absolute Gasteiger partial charge is 0.450 e. The van der Waals surface area contributed by atoms with Crippen molar-refractivity contribution >= 4 is 52.4 Å². The number of barbiturate groups is 1. The van der Waals surface area contributed by atoms with Crippen molar-refractivity contribution in [3.8, 4) is 0 Å². The first kappa shape index (κ1) is 21.7. The molecular formula is C25H20N4O4S. The molecule has 2 aromatic carbocycles. The van der Waals surface area contributed by atoms with Crippen molar-refractivity contribution in [1.29, 1.82) is 0 Å². The van der Waals surface area contributed by atoms with E-state index in [0.29, 0.717) is 21.7 Å². The molecule has 5 rings (SSSR count). The van der Waals surface area contributed by atoms with E-state index in [0.717, 1.165) is 32.6 Å². The lowest BCUT2D eigenvalue weighted by molar-refractivity contribution is -0.122. The Kier molecular flexibility index (Phi) is 5.33. The molecule has 4 aromatic rings. The molecule has 2 aromatic heterocycles. The predicted molar refractivity (Wildman–Crippen MR) is 129 cm³/mol. The first-order valence-corrected chi connectivity index (χ1v) is 11.3. The van der Waals surface area contributed by atoms with E-state index >= 15 is 0 Å². The molecule has 0 spiro atoms. The van der Waals surface area contributed by atoms with Gasteiger partial charge in [-0.15, -0.1) is 0 Å². The molecule has 0 atom stereocenters. The van der Waals surface area contributed by atoms with E-state index < -0.39 is 17.8 Å². The number of furan rings is 1. The van der Waals surface area contributed by atoms with Gasteiger partial charge in [0, 0.05) is 0 Å². The molecular weight excluding hydrogens is 452 g/mol. The average molecular weight is 473 g/mol. The summed E-state index contributed by atoms with van der Waals surface area (Å²) in [6.45, 7) is 5.75. The fourth-order valence-electron chi connectivity index (χ4n) is 3.82. The Balaban J connectivity index is 1.41. The molecule has 0 unspecified atom stereocenters. The van der Waals surface area contributed by atoms with Gasteiger partial charge in [0.05, 0.1) is 16.7 Å². The van der Waals surface area contributed by atoms with Crippen LogP contribution in [0.5, 0.6) is 0 Å². The number of aryl methyl sites for hydroxylation is 3. The van der Waals surface area contributed by atoms with Crippen LogP contribution in [0.2, 0.25) is 0 Å². The zero-order valence-electron chi connectivity index (χ0n) is 18.6. The molecule has 8 nitrogen and oxygen atoms in total. The summed E-state index contributed by atoms with van der Waals surface area (Å²) in [5.41, 5.74) is 4.90. The van der Waals surface area contributed by atoms with Crippen molar-refractivity contribution < 1.29 is 18.8 Å². The lowest BCUT2D eigenvalue weighted by atomic mass is 10.1. The number of aromatic amines is 1. The van der Waals surface area contributed by atoms with Crippen LogP contribution in [0.25, 0.3) is 17.1 Å². The Bertz CT molecular complexity index is 1490. The molecule has 0 aliphatic carbocycles. The number of carbonyl (C=O) groups excluding carboxylic acids is 3. The van der Waals surface area contributed by atoms with Gasteiger partial charge in [0.1, 0.15) is 11.3 Å². The van der Waals surface area contributed by atoms with Crippen molar-refractivity contribution in [3.63, 3.8) is 0 Å². The third kappa shape index (κ3) is 4.13. The van der Waals surface area contributed by atoms with Gasteiger partial charge >= 0.3 is 6.03 Å². The average Bonchev–Trinajstić information content (AvgIpc) is 3.36. The molecule has 9 heteroatoms. The topological polar surface area (TPSA) is 108 Å². The van der Waals surface area contributed by atoms with Gasteiger partial charge in [-0.2, -0.15) is 0 Å². The molecule has 1 aliphatic rings. The minimum absolute atomic E-state index is 0.191. The Labute approximate surface area is 199 Å². The smallest absolute Gasteiger partial charge is 0.335 e. The monoisotopic (exact) mass is 472 g/mol. The molecule has 0 saturated carbocycles. The van der Waals surface area contributed by atoms with Crippen molar-refractivity contribution in [1.82, 2.24) is 15.3 Å².